The highest BCUT2D eigenvalue weighted by molar-refractivity contribution is 7.90. The highest BCUT2D eigenvalue weighted by Gasteiger charge is 2.10. The molecule has 0 aliphatic heterocycles. The Morgan fingerprint density at radius 1 is 1.20 bits per heavy atom. The molecule has 20 heavy (non-hydrogen) atoms. The monoisotopic (exact) mass is 291 g/mol. The van der Waals surface area contributed by atoms with Crippen molar-refractivity contribution in [2.24, 2.45) is 0 Å². The summed E-state index contributed by atoms with van der Waals surface area (Å²) >= 11 is 0. The Hall–Kier alpha value is -2.39. The second kappa shape index (κ2) is 5.31. The Bertz CT molecular complexity index is 794. The number of sulfone groups is 1. The zero-order chi connectivity index (χ0) is 14.8. The summed E-state index contributed by atoms with van der Waals surface area (Å²) in [5.74, 6) is -0.116. The van der Waals surface area contributed by atoms with Crippen molar-refractivity contribution in [2.75, 3.05) is 6.26 Å². The predicted octanol–water partition coefficient (Wildman–Crippen LogP) is 2.89. The summed E-state index contributed by atoms with van der Waals surface area (Å²) in [5.41, 5.74) is 0.0368. The zero-order valence-corrected chi connectivity index (χ0v) is 11.3. The van der Waals surface area contributed by atoms with Gasteiger partial charge in [-0.25, -0.2) is 12.8 Å². The van der Waals surface area contributed by atoms with Gasteiger partial charge in [-0.2, -0.15) is 5.26 Å². The number of ether oxygens (including phenoxy) is 1. The van der Waals surface area contributed by atoms with E-state index in [0.717, 1.165) is 18.4 Å². The van der Waals surface area contributed by atoms with Crippen LogP contribution in [0.4, 0.5) is 4.39 Å². The normalized spacial score (nSPS) is 10.8. The Morgan fingerprint density at radius 2 is 1.95 bits per heavy atom. The van der Waals surface area contributed by atoms with Crippen molar-refractivity contribution in [2.45, 2.75) is 4.90 Å². The van der Waals surface area contributed by atoms with Crippen LogP contribution in [0.5, 0.6) is 11.5 Å². The lowest BCUT2D eigenvalue weighted by Crippen LogP contribution is -1.97. The summed E-state index contributed by atoms with van der Waals surface area (Å²) in [5, 5.41) is 8.91. The number of nitrogens with zero attached hydrogens (tertiary/aromatic N) is 1. The lowest BCUT2D eigenvalue weighted by Gasteiger charge is -2.08. The van der Waals surface area contributed by atoms with E-state index >= 15 is 0 Å². The molecule has 0 atom stereocenters. The fourth-order valence-electron chi connectivity index (χ4n) is 1.57. The van der Waals surface area contributed by atoms with Crippen LogP contribution < -0.4 is 4.74 Å². The highest BCUT2D eigenvalue weighted by Crippen LogP contribution is 2.27. The van der Waals surface area contributed by atoms with E-state index in [9.17, 15) is 12.8 Å². The van der Waals surface area contributed by atoms with E-state index in [1.54, 1.807) is 6.07 Å². The lowest BCUT2D eigenvalue weighted by molar-refractivity contribution is 0.477. The number of benzene rings is 2. The summed E-state index contributed by atoms with van der Waals surface area (Å²) in [7, 11) is -3.35. The van der Waals surface area contributed by atoms with Crippen LogP contribution in [0.1, 0.15) is 5.56 Å². The second-order valence-electron chi connectivity index (χ2n) is 4.10. The largest absolute Gasteiger partial charge is 0.456 e. The number of hydrogen-bond donors (Lipinski definition) is 0. The molecule has 0 unspecified atom stereocenters. The molecule has 0 bridgehead atoms. The van der Waals surface area contributed by atoms with Crippen LogP contribution in [-0.4, -0.2) is 14.7 Å². The molecule has 2 aromatic carbocycles. The van der Waals surface area contributed by atoms with Crippen molar-refractivity contribution in [1.29, 1.82) is 5.26 Å². The molecule has 0 amide bonds. The van der Waals surface area contributed by atoms with Gasteiger partial charge in [-0.05, 0) is 36.4 Å². The Balaban J connectivity index is 2.39. The minimum Gasteiger partial charge on any atom is -0.456 e. The van der Waals surface area contributed by atoms with Gasteiger partial charge in [0.2, 0.25) is 0 Å². The molecule has 2 rings (SSSR count). The van der Waals surface area contributed by atoms with E-state index in [-0.39, 0.29) is 22.0 Å². The smallest absolute Gasteiger partial charge is 0.175 e. The molecule has 0 fully saturated rings. The molecule has 0 spiro atoms. The van der Waals surface area contributed by atoms with Gasteiger partial charge in [-0.15, -0.1) is 0 Å². The molecule has 0 aliphatic carbocycles. The summed E-state index contributed by atoms with van der Waals surface area (Å²) in [6, 6.07) is 11.2. The van der Waals surface area contributed by atoms with Gasteiger partial charge in [0.1, 0.15) is 23.4 Å². The second-order valence-corrected chi connectivity index (χ2v) is 6.12. The van der Waals surface area contributed by atoms with Crippen molar-refractivity contribution in [3.8, 4) is 17.6 Å². The first-order valence-electron chi connectivity index (χ1n) is 5.58. The van der Waals surface area contributed by atoms with Crippen LogP contribution in [0, 0.1) is 17.1 Å². The molecule has 0 heterocycles. The average molecular weight is 291 g/mol. The van der Waals surface area contributed by atoms with E-state index < -0.39 is 15.7 Å². The molecular formula is C14H10FNO3S. The Morgan fingerprint density at radius 3 is 2.60 bits per heavy atom. The van der Waals surface area contributed by atoms with Gasteiger partial charge in [0.15, 0.2) is 9.84 Å². The van der Waals surface area contributed by atoms with Gasteiger partial charge in [0.25, 0.3) is 0 Å². The van der Waals surface area contributed by atoms with E-state index in [2.05, 4.69) is 0 Å². The molecule has 0 saturated carbocycles. The van der Waals surface area contributed by atoms with Gasteiger partial charge >= 0.3 is 0 Å². The molecule has 102 valence electrons. The van der Waals surface area contributed by atoms with Crippen LogP contribution in [0.2, 0.25) is 0 Å². The van der Waals surface area contributed by atoms with Gasteiger partial charge in [0.05, 0.1) is 10.5 Å². The van der Waals surface area contributed by atoms with Crippen LogP contribution in [0.25, 0.3) is 0 Å². The fraction of sp³-hybridized carbons (Fsp3) is 0.0714. The quantitative estimate of drug-likeness (QED) is 0.872. The molecule has 6 heteroatoms. The number of halogens is 1. The van der Waals surface area contributed by atoms with Crippen molar-refractivity contribution < 1.29 is 17.5 Å². The zero-order valence-electron chi connectivity index (χ0n) is 10.5. The van der Waals surface area contributed by atoms with Crippen molar-refractivity contribution in [3.05, 3.63) is 53.8 Å². The number of rotatable bonds is 3. The van der Waals surface area contributed by atoms with Crippen molar-refractivity contribution in [3.63, 3.8) is 0 Å². The van der Waals surface area contributed by atoms with Crippen molar-refractivity contribution >= 4 is 9.84 Å². The summed E-state index contributed by atoms with van der Waals surface area (Å²) in [4.78, 5) is 0.107. The molecule has 0 saturated heterocycles. The van der Waals surface area contributed by atoms with Crippen molar-refractivity contribution in [1.82, 2.24) is 0 Å². The number of hydrogen-bond acceptors (Lipinski definition) is 4. The van der Waals surface area contributed by atoms with Gasteiger partial charge < -0.3 is 4.74 Å². The van der Waals surface area contributed by atoms with Gasteiger partial charge in [0, 0.05) is 6.26 Å². The maximum Gasteiger partial charge on any atom is 0.175 e. The minimum absolute atomic E-state index is 0.0368. The van der Waals surface area contributed by atoms with Crippen LogP contribution in [0.15, 0.2) is 47.4 Å². The summed E-state index contributed by atoms with van der Waals surface area (Å²) < 4.78 is 41.3. The third-order valence-electron chi connectivity index (χ3n) is 2.52. The first-order valence-corrected chi connectivity index (χ1v) is 7.47. The van der Waals surface area contributed by atoms with Crippen LogP contribution >= 0.6 is 0 Å². The topological polar surface area (TPSA) is 67.2 Å². The predicted molar refractivity (Wildman–Crippen MR) is 70.7 cm³/mol. The Kier molecular flexibility index (Phi) is 3.72. The molecule has 0 aromatic heterocycles. The average Bonchev–Trinajstić information content (AvgIpc) is 2.40. The van der Waals surface area contributed by atoms with E-state index in [1.165, 1.54) is 24.3 Å². The first kappa shape index (κ1) is 14.0. The molecule has 2 aromatic rings. The summed E-state index contributed by atoms with van der Waals surface area (Å²) in [6.45, 7) is 0. The van der Waals surface area contributed by atoms with Crippen LogP contribution in [0.3, 0.4) is 0 Å². The maximum absolute atomic E-state index is 13.0. The van der Waals surface area contributed by atoms with E-state index in [0.29, 0.717) is 0 Å². The third kappa shape index (κ3) is 3.13. The first-order chi connectivity index (χ1) is 9.40. The van der Waals surface area contributed by atoms with Gasteiger partial charge in [-0.3, -0.25) is 0 Å². The molecule has 0 radical (unpaired) electrons. The lowest BCUT2D eigenvalue weighted by atomic mass is 10.2. The SMILES string of the molecule is CS(=O)(=O)c1cccc(Oc2ccc(F)cc2C#N)c1. The van der Waals surface area contributed by atoms with E-state index in [4.69, 9.17) is 10.00 Å². The number of nitriles is 1. The Labute approximate surface area is 116 Å². The molecular weight excluding hydrogens is 281 g/mol. The minimum atomic E-state index is -3.35. The molecule has 0 N–H and O–H groups in total. The maximum atomic E-state index is 13.0. The molecule has 4 nitrogen and oxygen atoms in total. The summed E-state index contributed by atoms with van der Waals surface area (Å²) in [6.07, 6.45) is 1.09. The molecule has 0 aliphatic rings. The highest BCUT2D eigenvalue weighted by atomic mass is 32.2. The van der Waals surface area contributed by atoms with Gasteiger partial charge in [-0.1, -0.05) is 6.07 Å². The van der Waals surface area contributed by atoms with Crippen LogP contribution in [-0.2, 0) is 9.84 Å². The standard InChI is InChI=1S/C14H10FNO3S/c1-20(17,18)13-4-2-3-12(8-13)19-14-6-5-11(15)7-10(14)9-16/h2-8H,1H3. The fourth-order valence-corrected chi connectivity index (χ4v) is 2.23. The third-order valence-corrected chi connectivity index (χ3v) is 3.63. The van der Waals surface area contributed by atoms with E-state index in [1.807, 2.05) is 6.07 Å².